The van der Waals surface area contributed by atoms with Gasteiger partial charge in [-0.15, -0.1) is 0 Å². The molecule has 0 saturated carbocycles. The Labute approximate surface area is 177 Å². The van der Waals surface area contributed by atoms with E-state index in [9.17, 15) is 33.9 Å². The summed E-state index contributed by atoms with van der Waals surface area (Å²) in [6.45, 7) is -0.746. The number of quaternary nitrogens is 1. The van der Waals surface area contributed by atoms with Crippen LogP contribution < -0.4 is 11.4 Å². The van der Waals surface area contributed by atoms with Crippen LogP contribution in [0.15, 0.2) is 17.1 Å². The Kier molecular flexibility index (Phi) is 8.17. The highest BCUT2D eigenvalue weighted by atomic mass is 31.3. The van der Waals surface area contributed by atoms with E-state index in [1.165, 1.54) is 12.3 Å². The van der Waals surface area contributed by atoms with Crippen LogP contribution in [-0.4, -0.2) is 93.2 Å². The van der Waals surface area contributed by atoms with Crippen LogP contribution in [0.1, 0.15) is 6.23 Å². The number of anilines is 1. The highest BCUT2D eigenvalue weighted by Crippen LogP contribution is 2.60. The van der Waals surface area contributed by atoms with Gasteiger partial charge in [-0.2, -0.15) is 9.29 Å². The van der Waals surface area contributed by atoms with E-state index in [-0.39, 0.29) is 12.4 Å². The van der Waals surface area contributed by atoms with E-state index in [1.807, 2.05) is 0 Å². The lowest BCUT2D eigenvalue weighted by Gasteiger charge is -2.24. The third-order valence-electron chi connectivity index (χ3n) is 4.09. The number of aliphatic hydroxyl groups excluding tert-OH is 2. The van der Waals surface area contributed by atoms with Crippen LogP contribution in [0.5, 0.6) is 0 Å². The van der Waals surface area contributed by atoms with Gasteiger partial charge < -0.3 is 35.0 Å². The average Bonchev–Trinajstić information content (AvgIpc) is 2.86. The van der Waals surface area contributed by atoms with E-state index < -0.39 is 52.5 Å². The number of nitrogen functional groups attached to an aromatic ring is 1. The fraction of sp³-hybridized carbons (Fsp3) is 0.714. The van der Waals surface area contributed by atoms with Gasteiger partial charge in [-0.1, -0.05) is 0 Å². The first-order chi connectivity index (χ1) is 14.1. The number of rotatable bonds is 10. The molecule has 1 saturated heterocycles. The average molecular weight is 489 g/mol. The third kappa shape index (κ3) is 7.70. The predicted octanol–water partition coefficient (Wildman–Crippen LogP) is -1.60. The molecule has 6 atom stereocenters. The smallest absolute Gasteiger partial charge is 0.387 e. The van der Waals surface area contributed by atoms with Crippen LogP contribution in [0.4, 0.5) is 5.82 Å². The van der Waals surface area contributed by atoms with Crippen molar-refractivity contribution in [3.8, 4) is 0 Å². The minimum atomic E-state index is -5.11. The Morgan fingerprint density at radius 2 is 1.81 bits per heavy atom. The standard InChI is InChI=1S/C14H26N4O11P2/c1-18(2,3)6-7-26-30(22,23)29-31(24,25)27-8-9-11(19)12(20)13(28-9)17-5-4-10(15)16-14(17)21/h4-5,9,11-13,19-20H,6-8H2,1-3H3,(H3-,15,16,21,22,23,24,25)/p+1/t9-,11?,12?,13-/m0/s1. The van der Waals surface area contributed by atoms with Gasteiger partial charge in [-0.3, -0.25) is 13.6 Å². The molecule has 1 aromatic heterocycles. The van der Waals surface area contributed by atoms with Gasteiger partial charge in [0.25, 0.3) is 0 Å². The summed E-state index contributed by atoms with van der Waals surface area (Å²) >= 11 is 0. The van der Waals surface area contributed by atoms with Gasteiger partial charge in [0.15, 0.2) is 6.23 Å². The summed E-state index contributed by atoms with van der Waals surface area (Å²) in [7, 11) is -4.64. The van der Waals surface area contributed by atoms with E-state index in [2.05, 4.69) is 18.3 Å². The maximum absolute atomic E-state index is 12.0. The first kappa shape index (κ1) is 26.0. The summed E-state index contributed by atoms with van der Waals surface area (Å²) in [4.78, 5) is 34.7. The molecule has 2 rings (SSSR count). The summed E-state index contributed by atoms with van der Waals surface area (Å²) in [6, 6.07) is 1.26. The fourth-order valence-corrected chi connectivity index (χ4v) is 4.56. The van der Waals surface area contributed by atoms with Crippen molar-refractivity contribution in [1.82, 2.24) is 9.55 Å². The molecule has 178 valence electrons. The number of hydrogen-bond acceptors (Lipinski definition) is 11. The second kappa shape index (κ2) is 9.73. The number of phosphoric ester groups is 2. The Hall–Kier alpha value is -1.22. The van der Waals surface area contributed by atoms with E-state index in [0.717, 1.165) is 4.57 Å². The number of nitrogens with zero attached hydrogens (tertiary/aromatic N) is 3. The van der Waals surface area contributed by atoms with E-state index in [4.69, 9.17) is 10.5 Å². The van der Waals surface area contributed by atoms with Gasteiger partial charge in [-0.25, -0.2) is 13.9 Å². The van der Waals surface area contributed by atoms with Crippen LogP contribution >= 0.6 is 15.6 Å². The Morgan fingerprint density at radius 1 is 1.19 bits per heavy atom. The maximum Gasteiger partial charge on any atom is 0.481 e. The number of phosphoric acid groups is 2. The van der Waals surface area contributed by atoms with Crippen LogP contribution in [-0.2, 0) is 27.2 Å². The molecule has 0 spiro atoms. The minimum Gasteiger partial charge on any atom is -0.387 e. The molecular formula is C14H27N4O11P2+. The number of aliphatic hydroxyl groups is 2. The van der Waals surface area contributed by atoms with Crippen LogP contribution in [0.2, 0.25) is 0 Å². The lowest BCUT2D eigenvalue weighted by Crippen LogP contribution is -2.37. The summed E-state index contributed by atoms with van der Waals surface area (Å²) in [6.07, 6.45) is -4.82. The number of ether oxygens (including phenoxy) is 1. The molecule has 1 aliphatic heterocycles. The molecule has 1 fully saturated rings. The Balaban J connectivity index is 1.96. The molecule has 1 aliphatic rings. The van der Waals surface area contributed by atoms with E-state index in [0.29, 0.717) is 11.0 Å². The van der Waals surface area contributed by atoms with Crippen molar-refractivity contribution < 1.29 is 51.7 Å². The number of hydrogen-bond donors (Lipinski definition) is 5. The third-order valence-corrected chi connectivity index (χ3v) is 6.72. The van der Waals surface area contributed by atoms with Crippen LogP contribution in [0.25, 0.3) is 0 Å². The molecule has 0 aromatic carbocycles. The topological polar surface area (TPSA) is 213 Å². The van der Waals surface area contributed by atoms with Crippen molar-refractivity contribution in [3.63, 3.8) is 0 Å². The largest absolute Gasteiger partial charge is 0.481 e. The summed E-state index contributed by atoms with van der Waals surface area (Å²) in [5.74, 6) is -0.0652. The first-order valence-electron chi connectivity index (χ1n) is 8.93. The maximum atomic E-state index is 12.0. The second-order valence-electron chi connectivity index (χ2n) is 7.75. The van der Waals surface area contributed by atoms with Crippen LogP contribution in [0.3, 0.4) is 0 Å². The predicted molar refractivity (Wildman–Crippen MR) is 104 cm³/mol. The minimum absolute atomic E-state index is 0.0652. The lowest BCUT2D eigenvalue weighted by molar-refractivity contribution is -0.870. The molecule has 17 heteroatoms. The molecule has 31 heavy (non-hydrogen) atoms. The fourth-order valence-electron chi connectivity index (χ4n) is 2.49. The van der Waals surface area contributed by atoms with Gasteiger partial charge >= 0.3 is 21.3 Å². The van der Waals surface area contributed by atoms with Crippen molar-refractivity contribution in [1.29, 1.82) is 0 Å². The van der Waals surface area contributed by atoms with Gasteiger partial charge in [0.05, 0.1) is 27.7 Å². The molecular weight excluding hydrogens is 462 g/mol. The SMILES string of the molecule is C[N+](C)(C)CCOP(=O)(O)OP(=O)(O)OC[C@@H]1O[C@H](n2ccc(N)nc2=O)C(O)C1O. The van der Waals surface area contributed by atoms with Crippen molar-refractivity contribution in [2.24, 2.45) is 0 Å². The number of likely N-dealkylation sites (N-methyl/N-ethyl adjacent to an activating group) is 1. The first-order valence-corrected chi connectivity index (χ1v) is 11.9. The highest BCUT2D eigenvalue weighted by Gasteiger charge is 2.46. The molecule has 0 radical (unpaired) electrons. The molecule has 2 heterocycles. The summed E-state index contributed by atoms with van der Waals surface area (Å²) in [5.41, 5.74) is 4.53. The zero-order valence-corrected chi connectivity index (χ0v) is 18.8. The number of nitrogens with two attached hydrogens (primary N) is 1. The van der Waals surface area contributed by atoms with Crippen molar-refractivity contribution in [2.75, 3.05) is 46.6 Å². The van der Waals surface area contributed by atoms with Gasteiger partial charge in [-0.05, 0) is 6.07 Å². The summed E-state index contributed by atoms with van der Waals surface area (Å²) in [5, 5.41) is 20.2. The van der Waals surface area contributed by atoms with Crippen molar-refractivity contribution in [2.45, 2.75) is 24.5 Å². The van der Waals surface area contributed by atoms with E-state index >= 15 is 0 Å². The molecule has 0 amide bonds. The van der Waals surface area contributed by atoms with E-state index in [1.54, 1.807) is 21.1 Å². The summed E-state index contributed by atoms with van der Waals surface area (Å²) < 4.78 is 43.9. The zero-order valence-electron chi connectivity index (χ0n) is 17.0. The second-order valence-corrected chi connectivity index (χ2v) is 10.8. The zero-order chi connectivity index (χ0) is 23.6. The highest BCUT2D eigenvalue weighted by molar-refractivity contribution is 7.61. The number of aromatic nitrogens is 2. The van der Waals surface area contributed by atoms with Crippen molar-refractivity contribution in [3.05, 3.63) is 22.7 Å². The molecule has 4 unspecified atom stereocenters. The van der Waals surface area contributed by atoms with Crippen LogP contribution in [0, 0.1) is 0 Å². The normalized spacial score (nSPS) is 28.2. The van der Waals surface area contributed by atoms with Gasteiger partial charge in [0, 0.05) is 6.20 Å². The Bertz CT molecular complexity index is 920. The quantitative estimate of drug-likeness (QED) is 0.185. The molecule has 1 aromatic rings. The molecule has 15 nitrogen and oxygen atoms in total. The molecule has 6 N–H and O–H groups in total. The Morgan fingerprint density at radius 3 is 2.39 bits per heavy atom. The van der Waals surface area contributed by atoms with Crippen molar-refractivity contribution >= 4 is 21.5 Å². The van der Waals surface area contributed by atoms with Gasteiger partial charge in [0.2, 0.25) is 0 Å². The van der Waals surface area contributed by atoms with Gasteiger partial charge in [0.1, 0.15) is 37.3 Å². The monoisotopic (exact) mass is 489 g/mol. The lowest BCUT2D eigenvalue weighted by atomic mass is 10.1. The molecule has 0 bridgehead atoms. The molecule has 0 aliphatic carbocycles.